The number of methoxy groups -OCH3 is 2. The standard InChI is InChI=1S/C30H32N4O7S3/c1-19(2)20-5-11-26(41-23-10-12-27(39-3)28(18-23)40-4)25(17-20)24-13-16-43-29(24)44(37,38)32-15-14-31-30(42)33-21-6-8-22(9-7-21)34(35)36/h5-13,16-19,32H,14-15H2,1-4H3,(H2,31,33,42). The highest BCUT2D eigenvalue weighted by Gasteiger charge is 2.24. The number of nitro benzene ring substituents is 1. The van der Waals surface area contributed by atoms with Gasteiger partial charge < -0.3 is 24.8 Å². The van der Waals surface area contributed by atoms with Gasteiger partial charge in [-0.05, 0) is 71.5 Å². The maximum Gasteiger partial charge on any atom is 0.269 e. The summed E-state index contributed by atoms with van der Waals surface area (Å²) in [6.45, 7) is 4.39. The molecule has 3 N–H and O–H groups in total. The lowest BCUT2D eigenvalue weighted by molar-refractivity contribution is -0.384. The van der Waals surface area contributed by atoms with Crippen LogP contribution in [0.3, 0.4) is 0 Å². The van der Waals surface area contributed by atoms with Gasteiger partial charge in [-0.1, -0.05) is 19.9 Å². The number of hydrogen-bond donors (Lipinski definition) is 3. The highest BCUT2D eigenvalue weighted by molar-refractivity contribution is 7.91. The molecular weight excluding hydrogens is 625 g/mol. The minimum atomic E-state index is -3.90. The van der Waals surface area contributed by atoms with Crippen LogP contribution in [0.15, 0.2) is 76.3 Å². The molecule has 0 radical (unpaired) electrons. The Bertz CT molecular complexity index is 1740. The minimum absolute atomic E-state index is 0.0349. The second-order valence-electron chi connectivity index (χ2n) is 9.73. The zero-order valence-corrected chi connectivity index (χ0v) is 26.9. The lowest BCUT2D eigenvalue weighted by atomic mass is 9.98. The number of benzene rings is 3. The molecule has 0 bridgehead atoms. The Morgan fingerprint density at radius 3 is 2.30 bits per heavy atom. The molecule has 0 aliphatic heterocycles. The molecule has 14 heteroatoms. The normalized spacial score (nSPS) is 11.2. The van der Waals surface area contributed by atoms with Crippen molar-refractivity contribution in [3.63, 3.8) is 0 Å². The monoisotopic (exact) mass is 656 g/mol. The number of nitro groups is 1. The van der Waals surface area contributed by atoms with Crippen LogP contribution in [-0.2, 0) is 10.0 Å². The number of ether oxygens (including phenoxy) is 3. The number of thiophene rings is 1. The van der Waals surface area contributed by atoms with Crippen molar-refractivity contribution in [1.29, 1.82) is 0 Å². The van der Waals surface area contributed by atoms with Gasteiger partial charge in [-0.2, -0.15) is 0 Å². The van der Waals surface area contributed by atoms with Gasteiger partial charge in [-0.3, -0.25) is 10.1 Å². The van der Waals surface area contributed by atoms with Crippen LogP contribution in [0.5, 0.6) is 23.0 Å². The number of hydrogen-bond acceptors (Lipinski definition) is 9. The van der Waals surface area contributed by atoms with Crippen LogP contribution < -0.4 is 29.6 Å². The van der Waals surface area contributed by atoms with Crippen LogP contribution in [-0.4, -0.2) is 45.8 Å². The number of thiocarbonyl (C=S) groups is 1. The summed E-state index contributed by atoms with van der Waals surface area (Å²) in [7, 11) is -0.806. The molecule has 4 rings (SSSR count). The minimum Gasteiger partial charge on any atom is -0.493 e. The van der Waals surface area contributed by atoms with Crippen molar-refractivity contribution in [3.8, 4) is 34.1 Å². The lowest BCUT2D eigenvalue weighted by Crippen LogP contribution is -2.36. The van der Waals surface area contributed by atoms with Crippen molar-refractivity contribution in [3.05, 3.63) is 87.8 Å². The molecule has 0 aliphatic carbocycles. The number of non-ortho nitro benzene ring substituents is 1. The highest BCUT2D eigenvalue weighted by atomic mass is 32.2. The van der Waals surface area contributed by atoms with Crippen molar-refractivity contribution in [1.82, 2.24) is 10.0 Å². The Kier molecular flexibility index (Phi) is 10.8. The van der Waals surface area contributed by atoms with Crippen LogP contribution >= 0.6 is 23.6 Å². The van der Waals surface area contributed by atoms with Gasteiger partial charge in [0.25, 0.3) is 15.7 Å². The second kappa shape index (κ2) is 14.5. The fourth-order valence-corrected chi connectivity index (χ4v) is 6.86. The lowest BCUT2D eigenvalue weighted by Gasteiger charge is -2.16. The van der Waals surface area contributed by atoms with E-state index in [9.17, 15) is 18.5 Å². The van der Waals surface area contributed by atoms with Crippen LogP contribution in [0.2, 0.25) is 0 Å². The second-order valence-corrected chi connectivity index (χ2v) is 13.0. The van der Waals surface area contributed by atoms with Gasteiger partial charge in [0.05, 0.1) is 19.1 Å². The summed E-state index contributed by atoms with van der Waals surface area (Å²) in [5, 5.41) is 18.6. The first-order valence-corrected chi connectivity index (χ1v) is 16.2. The average molecular weight is 657 g/mol. The molecule has 0 fully saturated rings. The molecule has 1 aromatic heterocycles. The van der Waals surface area contributed by atoms with E-state index in [0.29, 0.717) is 39.8 Å². The van der Waals surface area contributed by atoms with E-state index in [4.69, 9.17) is 26.4 Å². The summed E-state index contributed by atoms with van der Waals surface area (Å²) in [6.07, 6.45) is 0. The SMILES string of the molecule is COc1ccc(Oc2ccc(C(C)C)cc2-c2ccsc2S(=O)(=O)NCCNC(=S)Nc2ccc([N+](=O)[O-])cc2)cc1OC. The first-order valence-electron chi connectivity index (χ1n) is 13.4. The van der Waals surface area contributed by atoms with Gasteiger partial charge in [0.1, 0.15) is 15.7 Å². The van der Waals surface area contributed by atoms with Crippen LogP contribution in [0.25, 0.3) is 11.1 Å². The Morgan fingerprint density at radius 1 is 0.932 bits per heavy atom. The fourth-order valence-electron chi connectivity index (χ4n) is 4.19. The van der Waals surface area contributed by atoms with E-state index in [2.05, 4.69) is 29.2 Å². The number of nitrogens with zero attached hydrogens (tertiary/aromatic N) is 1. The molecule has 0 amide bonds. The van der Waals surface area contributed by atoms with Gasteiger partial charge in [-0.25, -0.2) is 13.1 Å². The first kappa shape index (κ1) is 32.7. The predicted molar refractivity (Wildman–Crippen MR) is 176 cm³/mol. The van der Waals surface area contributed by atoms with Gasteiger partial charge in [-0.15, -0.1) is 11.3 Å². The molecule has 0 aliphatic rings. The quantitative estimate of drug-likeness (QED) is 0.0630. The molecule has 3 aromatic carbocycles. The summed E-state index contributed by atoms with van der Waals surface area (Å²) in [5.41, 5.74) is 2.71. The molecule has 44 heavy (non-hydrogen) atoms. The van der Waals surface area contributed by atoms with Crippen molar-refractivity contribution in [2.75, 3.05) is 32.6 Å². The average Bonchev–Trinajstić information content (AvgIpc) is 3.51. The maximum absolute atomic E-state index is 13.4. The van der Waals surface area contributed by atoms with E-state index in [1.54, 1.807) is 43.9 Å². The fraction of sp³-hybridized carbons (Fsp3) is 0.233. The summed E-state index contributed by atoms with van der Waals surface area (Å²) in [6, 6.07) is 18.5. The van der Waals surface area contributed by atoms with Crippen molar-refractivity contribution < 1.29 is 27.6 Å². The van der Waals surface area contributed by atoms with E-state index < -0.39 is 14.9 Å². The largest absolute Gasteiger partial charge is 0.493 e. The molecule has 0 spiro atoms. The first-order chi connectivity index (χ1) is 21.0. The molecule has 0 saturated carbocycles. The van der Waals surface area contributed by atoms with Gasteiger partial charge in [0.15, 0.2) is 16.6 Å². The Morgan fingerprint density at radius 2 is 1.64 bits per heavy atom. The Balaban J connectivity index is 1.48. The molecule has 11 nitrogen and oxygen atoms in total. The summed E-state index contributed by atoms with van der Waals surface area (Å²) in [4.78, 5) is 10.3. The Hall–Kier alpha value is -4.24. The topological polar surface area (TPSA) is 141 Å². The molecular formula is C30H32N4O7S3. The van der Waals surface area contributed by atoms with Gasteiger partial charge in [0, 0.05) is 48.1 Å². The third-order valence-electron chi connectivity index (χ3n) is 6.46. The third-order valence-corrected chi connectivity index (χ3v) is 9.65. The maximum atomic E-state index is 13.4. The molecule has 4 aromatic rings. The van der Waals surface area contributed by atoms with E-state index in [0.717, 1.165) is 16.9 Å². The highest BCUT2D eigenvalue weighted by Crippen LogP contribution is 2.42. The van der Waals surface area contributed by atoms with E-state index >= 15 is 0 Å². The Labute approximate surface area is 265 Å². The van der Waals surface area contributed by atoms with Gasteiger partial charge in [0.2, 0.25) is 0 Å². The van der Waals surface area contributed by atoms with Crippen molar-refractivity contribution in [2.45, 2.75) is 24.0 Å². The number of nitrogens with one attached hydrogen (secondary N) is 3. The summed E-state index contributed by atoms with van der Waals surface area (Å²) in [5.74, 6) is 2.26. The number of rotatable bonds is 13. The predicted octanol–water partition coefficient (Wildman–Crippen LogP) is 6.52. The van der Waals surface area contributed by atoms with E-state index in [1.807, 2.05) is 18.2 Å². The zero-order valence-electron chi connectivity index (χ0n) is 24.4. The van der Waals surface area contributed by atoms with Gasteiger partial charge >= 0.3 is 0 Å². The van der Waals surface area contributed by atoms with Crippen LogP contribution in [0.1, 0.15) is 25.3 Å². The summed E-state index contributed by atoms with van der Waals surface area (Å²) >= 11 is 6.37. The van der Waals surface area contributed by atoms with E-state index in [1.165, 1.54) is 24.3 Å². The molecule has 1 heterocycles. The van der Waals surface area contributed by atoms with Crippen LogP contribution in [0, 0.1) is 10.1 Å². The zero-order chi connectivity index (χ0) is 31.9. The van der Waals surface area contributed by atoms with E-state index in [-0.39, 0.29) is 34.0 Å². The number of sulfonamides is 1. The van der Waals surface area contributed by atoms with Crippen molar-refractivity contribution in [2.24, 2.45) is 0 Å². The molecule has 232 valence electrons. The third kappa shape index (κ3) is 8.02. The van der Waals surface area contributed by atoms with Crippen molar-refractivity contribution >= 4 is 50.1 Å². The number of anilines is 1. The molecule has 0 atom stereocenters. The molecule has 0 saturated heterocycles. The van der Waals surface area contributed by atoms with Crippen LogP contribution in [0.4, 0.5) is 11.4 Å². The smallest absolute Gasteiger partial charge is 0.269 e. The molecule has 0 unspecified atom stereocenters. The summed E-state index contributed by atoms with van der Waals surface area (Å²) < 4.78 is 46.7.